The molecule has 1 aromatic carbocycles. The summed E-state index contributed by atoms with van der Waals surface area (Å²) < 4.78 is 34.5. The predicted octanol–water partition coefficient (Wildman–Crippen LogP) is 1.41. The van der Waals surface area contributed by atoms with Gasteiger partial charge in [0.2, 0.25) is 9.84 Å². The van der Waals surface area contributed by atoms with Crippen molar-refractivity contribution in [3.63, 3.8) is 0 Å². The second kappa shape index (κ2) is 4.06. The molecule has 1 unspecified atom stereocenters. The van der Waals surface area contributed by atoms with Gasteiger partial charge in [0, 0.05) is 6.04 Å². The van der Waals surface area contributed by atoms with E-state index in [0.717, 1.165) is 0 Å². The van der Waals surface area contributed by atoms with Crippen LogP contribution in [0.1, 0.15) is 18.5 Å². The normalized spacial score (nSPS) is 13.9. The second-order valence-electron chi connectivity index (χ2n) is 3.09. The molecule has 0 saturated heterocycles. The molecule has 0 radical (unpaired) electrons. The third-order valence-electron chi connectivity index (χ3n) is 1.89. The number of sulfone groups is 1. The molecule has 0 spiro atoms. The maximum absolute atomic E-state index is 12.2. The third kappa shape index (κ3) is 2.30. The first-order chi connectivity index (χ1) is 6.47. The molecule has 78 valence electrons. The van der Waals surface area contributed by atoms with Gasteiger partial charge in [0.15, 0.2) is 6.01 Å². The molecule has 0 aliphatic carbocycles. The highest BCUT2D eigenvalue weighted by molar-refractivity contribution is 7.91. The Balaban J connectivity index is 3.19. The maximum atomic E-state index is 12.2. The molecule has 0 heterocycles. The Kier molecular flexibility index (Phi) is 3.23. The zero-order valence-corrected chi connectivity index (χ0v) is 8.59. The number of halogens is 1. The lowest BCUT2D eigenvalue weighted by molar-refractivity contribution is 0.534. The van der Waals surface area contributed by atoms with E-state index >= 15 is 0 Å². The SMILES string of the molecule is CC(N)c1cccc(S(=O)(=O)CF)c1. The van der Waals surface area contributed by atoms with Crippen LogP contribution in [0.4, 0.5) is 4.39 Å². The fourth-order valence-corrected chi connectivity index (χ4v) is 1.78. The van der Waals surface area contributed by atoms with Gasteiger partial charge in [0.25, 0.3) is 0 Å². The smallest absolute Gasteiger partial charge is 0.207 e. The Morgan fingerprint density at radius 2 is 2.14 bits per heavy atom. The highest BCUT2D eigenvalue weighted by atomic mass is 32.2. The van der Waals surface area contributed by atoms with E-state index in [-0.39, 0.29) is 10.9 Å². The van der Waals surface area contributed by atoms with Crippen molar-refractivity contribution in [3.05, 3.63) is 29.8 Å². The van der Waals surface area contributed by atoms with Gasteiger partial charge in [-0.3, -0.25) is 0 Å². The molecule has 1 rings (SSSR count). The second-order valence-corrected chi connectivity index (χ2v) is 5.00. The summed E-state index contributed by atoms with van der Waals surface area (Å²) in [6.07, 6.45) is 0. The summed E-state index contributed by atoms with van der Waals surface area (Å²) in [7, 11) is -3.78. The summed E-state index contributed by atoms with van der Waals surface area (Å²) in [6.45, 7) is 1.74. The van der Waals surface area contributed by atoms with Crippen LogP contribution < -0.4 is 5.73 Å². The Bertz CT molecular complexity index is 415. The first-order valence-electron chi connectivity index (χ1n) is 4.11. The van der Waals surface area contributed by atoms with Crippen molar-refractivity contribution in [2.75, 3.05) is 6.01 Å². The van der Waals surface area contributed by atoms with Gasteiger partial charge < -0.3 is 5.73 Å². The number of rotatable bonds is 3. The minimum absolute atomic E-state index is 0.0187. The van der Waals surface area contributed by atoms with E-state index in [0.29, 0.717) is 5.56 Å². The van der Waals surface area contributed by atoms with Gasteiger partial charge in [-0.05, 0) is 24.6 Å². The third-order valence-corrected chi connectivity index (χ3v) is 3.15. The van der Waals surface area contributed by atoms with Gasteiger partial charge in [0.1, 0.15) is 0 Å². The van der Waals surface area contributed by atoms with Gasteiger partial charge in [0.05, 0.1) is 4.90 Å². The van der Waals surface area contributed by atoms with E-state index in [4.69, 9.17) is 5.73 Å². The lowest BCUT2D eigenvalue weighted by Gasteiger charge is -2.07. The fraction of sp³-hybridized carbons (Fsp3) is 0.333. The van der Waals surface area contributed by atoms with Crippen molar-refractivity contribution in [2.45, 2.75) is 17.9 Å². The van der Waals surface area contributed by atoms with Crippen molar-refractivity contribution in [1.29, 1.82) is 0 Å². The summed E-state index contributed by atoms with van der Waals surface area (Å²) in [5, 5.41) is 0. The van der Waals surface area contributed by atoms with Crippen LogP contribution >= 0.6 is 0 Å². The van der Waals surface area contributed by atoms with Crippen LogP contribution in [-0.2, 0) is 9.84 Å². The predicted molar refractivity (Wildman–Crippen MR) is 52.2 cm³/mol. The van der Waals surface area contributed by atoms with Crippen LogP contribution in [-0.4, -0.2) is 14.4 Å². The van der Waals surface area contributed by atoms with Crippen molar-refractivity contribution in [3.8, 4) is 0 Å². The van der Waals surface area contributed by atoms with Crippen molar-refractivity contribution < 1.29 is 12.8 Å². The van der Waals surface area contributed by atoms with Gasteiger partial charge in [-0.2, -0.15) is 0 Å². The number of hydrogen-bond donors (Lipinski definition) is 1. The van der Waals surface area contributed by atoms with E-state index in [1.165, 1.54) is 12.1 Å². The van der Waals surface area contributed by atoms with E-state index in [9.17, 15) is 12.8 Å². The number of benzene rings is 1. The highest BCUT2D eigenvalue weighted by Gasteiger charge is 2.14. The van der Waals surface area contributed by atoms with Gasteiger partial charge in [-0.25, -0.2) is 12.8 Å². The highest BCUT2D eigenvalue weighted by Crippen LogP contribution is 2.17. The van der Waals surface area contributed by atoms with E-state index < -0.39 is 15.8 Å². The molecule has 0 amide bonds. The quantitative estimate of drug-likeness (QED) is 0.832. The number of nitrogens with two attached hydrogens (primary N) is 1. The van der Waals surface area contributed by atoms with Gasteiger partial charge in [-0.15, -0.1) is 0 Å². The first kappa shape index (κ1) is 11.1. The molecule has 0 saturated carbocycles. The zero-order valence-electron chi connectivity index (χ0n) is 7.77. The Morgan fingerprint density at radius 1 is 1.50 bits per heavy atom. The lowest BCUT2D eigenvalue weighted by Crippen LogP contribution is -2.08. The van der Waals surface area contributed by atoms with Gasteiger partial charge >= 0.3 is 0 Å². The summed E-state index contributed by atoms with van der Waals surface area (Å²) >= 11 is 0. The maximum Gasteiger partial charge on any atom is 0.207 e. The zero-order chi connectivity index (χ0) is 10.8. The lowest BCUT2D eigenvalue weighted by atomic mass is 10.1. The molecule has 1 atom stereocenters. The number of hydrogen-bond acceptors (Lipinski definition) is 3. The largest absolute Gasteiger partial charge is 0.324 e. The minimum atomic E-state index is -3.78. The summed E-state index contributed by atoms with van der Waals surface area (Å²) in [5.74, 6) is 0. The van der Waals surface area contributed by atoms with Crippen LogP contribution in [0.2, 0.25) is 0 Å². The monoisotopic (exact) mass is 217 g/mol. The molecule has 2 N–H and O–H groups in total. The molecule has 14 heavy (non-hydrogen) atoms. The molecular formula is C9H12FNO2S. The van der Waals surface area contributed by atoms with Crippen LogP contribution in [0.3, 0.4) is 0 Å². The molecule has 0 fully saturated rings. The van der Waals surface area contributed by atoms with Gasteiger partial charge in [-0.1, -0.05) is 12.1 Å². The fourth-order valence-electron chi connectivity index (χ4n) is 1.05. The van der Waals surface area contributed by atoms with E-state index in [2.05, 4.69) is 0 Å². The summed E-state index contributed by atoms with van der Waals surface area (Å²) in [6, 6.07) is 4.39. The number of alkyl halides is 1. The molecule has 1 aromatic rings. The average molecular weight is 217 g/mol. The molecule has 3 nitrogen and oxygen atoms in total. The summed E-state index contributed by atoms with van der Waals surface area (Å²) in [4.78, 5) is -0.0187. The molecule has 0 bridgehead atoms. The average Bonchev–Trinajstić information content (AvgIpc) is 2.18. The van der Waals surface area contributed by atoms with Crippen molar-refractivity contribution in [1.82, 2.24) is 0 Å². The van der Waals surface area contributed by atoms with Crippen LogP contribution in [0.15, 0.2) is 29.2 Å². The molecule has 0 aromatic heterocycles. The molecule has 0 aliphatic heterocycles. The van der Waals surface area contributed by atoms with Crippen LogP contribution in [0.5, 0.6) is 0 Å². The standard InChI is InChI=1S/C9H12FNO2S/c1-7(11)8-3-2-4-9(5-8)14(12,13)6-10/h2-5,7H,6,11H2,1H3. The van der Waals surface area contributed by atoms with E-state index in [1.54, 1.807) is 19.1 Å². The molecular weight excluding hydrogens is 205 g/mol. The van der Waals surface area contributed by atoms with Crippen molar-refractivity contribution in [2.24, 2.45) is 5.73 Å². The summed E-state index contributed by atoms with van der Waals surface area (Å²) in [5.41, 5.74) is 6.26. The minimum Gasteiger partial charge on any atom is -0.324 e. The van der Waals surface area contributed by atoms with Crippen LogP contribution in [0, 0.1) is 0 Å². The Hall–Kier alpha value is -0.940. The van der Waals surface area contributed by atoms with Crippen LogP contribution in [0.25, 0.3) is 0 Å². The topological polar surface area (TPSA) is 60.2 Å². The molecule has 0 aliphatic rings. The molecule has 5 heteroatoms. The Labute approximate surface area is 82.7 Å². The Morgan fingerprint density at radius 3 is 2.64 bits per heavy atom. The van der Waals surface area contributed by atoms with Crippen molar-refractivity contribution >= 4 is 9.84 Å². The first-order valence-corrected chi connectivity index (χ1v) is 5.77. The van der Waals surface area contributed by atoms with E-state index in [1.807, 2.05) is 0 Å².